The number of rotatable bonds is 64. The zero-order valence-electron chi connectivity index (χ0n) is 76.1. The molecule has 0 heterocycles. The van der Waals surface area contributed by atoms with E-state index in [-0.39, 0.29) is 69.8 Å². The molecule has 4 N–H and O–H groups in total. The highest BCUT2D eigenvalue weighted by Gasteiger charge is 2.76. The highest BCUT2D eigenvalue weighted by molar-refractivity contribution is 8.41. The Hall–Kier alpha value is 8.43. The quantitative estimate of drug-likeness (QED) is 0.0597. The fourth-order valence-electron chi connectivity index (χ4n) is 22.9. The van der Waals surface area contributed by atoms with Crippen LogP contribution in [0.4, 0.5) is 0 Å². The SMILES string of the molecule is C.C.C.C.C.C.[B].[B].[B].[B][B]B([B])B(B([B])[B])B(B(B([B])[B])B([B])[B])B(B(B(B([B])[B])B([B])[B])B(B([B])[B])B([B])[B])[Si](CN)(O[Si](CN)(B(B(B([B])B([B])[B])B(B([B])[B])B([B])[B])B(B(B([B])[B])B([B])[B])B(B([B])[B])B([B])[B])B(B(B([B][B])B([B])[B])B(B([B])[B])B([B])[B])B(B(B([B])[B])B([B])[B])B(B([B])[B])B([B])[B])B(B(B(B([B])[B])B([B])[B])B(B([B])[B])B([B])[B])B(B(B([B])[B])B([B])[B])B(B([B])[B])B([B])[B]. The maximum atomic E-state index is 9.96. The maximum absolute atomic E-state index is 9.96. The first-order valence-corrected chi connectivity index (χ1v) is 47.0. The molecule has 0 aromatic carbocycles. The fraction of sp³-hybridized carbons (Fsp3) is 1.00. The van der Waals surface area contributed by atoms with Crippen LogP contribution in [0.1, 0.15) is 44.6 Å². The van der Waals surface area contributed by atoms with Crippen LogP contribution in [-0.2, 0) is 4.12 Å². The molecule has 0 aliphatic heterocycles. The molecule has 463 valence electrons. The van der Waals surface area contributed by atoms with Crippen LogP contribution in [0.3, 0.4) is 0 Å². The molecule has 0 amide bonds. The Labute approximate surface area is 966 Å². The van der Waals surface area contributed by atoms with Crippen molar-refractivity contribution < 1.29 is 4.12 Å². The highest BCUT2D eigenvalue weighted by atomic mass is 28.4. The van der Waals surface area contributed by atoms with Gasteiger partial charge in [-0.05, 0) is 12.3 Å². The van der Waals surface area contributed by atoms with Gasteiger partial charge in [-0.25, -0.2) is 0 Å². The molecular formula is C8H32B125N2OSi2. The van der Waals surface area contributed by atoms with E-state index in [2.05, 4.69) is 0 Å². The van der Waals surface area contributed by atoms with Crippen molar-refractivity contribution in [3.05, 3.63) is 0 Å². The van der Waals surface area contributed by atoms with Crippen LogP contribution in [0.2, 0.25) is 0 Å². The Kier molecular flexibility index (Phi) is 92.0. The highest BCUT2D eigenvalue weighted by Crippen LogP contribution is 2.39. The minimum Gasteiger partial charge on any atom is -0.481 e. The van der Waals surface area contributed by atoms with Crippen LogP contribution in [0, 0.1) is 0 Å². The molecule has 0 bridgehead atoms. The second-order valence-corrected chi connectivity index (χ2v) is 44.2. The molecule has 0 aliphatic carbocycles. The van der Waals surface area contributed by atoms with E-state index in [1.807, 2.05) is 0 Å². The van der Waals surface area contributed by atoms with Gasteiger partial charge in [0.1, 0.15) is 0 Å². The van der Waals surface area contributed by atoms with Gasteiger partial charge in [-0.15, -0.1) is 0 Å². The second kappa shape index (κ2) is 76.3. The van der Waals surface area contributed by atoms with Gasteiger partial charge in [0.05, 0.1) is 40.5 Å². The predicted octanol–water partition coefficient (Wildman–Crippen LogP) is -45.7. The third kappa shape index (κ3) is 42.5. The molecule has 0 aromatic heterocycles. The number of hydrogen-bond donors (Lipinski definition) is 2. The van der Waals surface area contributed by atoms with Crippen molar-refractivity contribution in [3.63, 3.8) is 0 Å². The Morgan fingerprint density at radius 2 is 0.283 bits per heavy atom. The lowest BCUT2D eigenvalue weighted by Gasteiger charge is -2.68. The summed E-state index contributed by atoms with van der Waals surface area (Å²) in [4.78, 5) is 0. The van der Waals surface area contributed by atoms with E-state index in [1.54, 1.807) is 0 Å². The molecule has 0 saturated heterocycles. The number of nitrogens with two attached hydrogens (primary N) is 2. The molecule has 138 heavy (non-hydrogen) atoms. The van der Waals surface area contributed by atoms with E-state index in [4.69, 9.17) is 491 Å². The lowest BCUT2D eigenvalue weighted by Crippen LogP contribution is -3.04. The summed E-state index contributed by atoms with van der Waals surface area (Å²) in [6.07, 6.45) is -125. The zero-order chi connectivity index (χ0) is 102. The lowest BCUT2D eigenvalue weighted by molar-refractivity contribution is 0.597. The Balaban J connectivity index is -0.00000228. The van der Waals surface area contributed by atoms with Crippen LogP contribution in [0.15, 0.2) is 0 Å². The van der Waals surface area contributed by atoms with Gasteiger partial charge >= 0.3 is 0 Å². The van der Waals surface area contributed by atoms with Crippen molar-refractivity contribution in [2.75, 3.05) is 12.3 Å². The fourth-order valence-corrected chi connectivity index (χ4v) is 39.3. The van der Waals surface area contributed by atoms with E-state index in [9.17, 15) is 4.12 Å². The third-order valence-electron chi connectivity index (χ3n) is 27.5. The summed E-state index contributed by atoms with van der Waals surface area (Å²) >= 11 is 0. The summed E-state index contributed by atoms with van der Waals surface area (Å²) in [6.45, 7) is 0. The first kappa shape index (κ1) is 166. The van der Waals surface area contributed by atoms with Crippen molar-refractivity contribution in [2.45, 2.75) is 44.6 Å². The molecule has 2 unspecified atom stereocenters. The standard InChI is InChI=1S/C2H8B122N2OSi2.6CH4.3B/c3-65-96(63)112(95(61)62)120(111(93(57)58)94(59)60)124(119(109(89(49)50)90(51)52)110(91(53)54)92(55)56)129(2-126,123(117(105(81(33)34)82(35)36)106(83(37)38)84(39)40)118(107(85(41)42)86(43)44)108(87(45)46)88(47)48)127-128(1-125,121(113(97(64)67(5)6)99(69(9)10)70(11)12)115(101(73(17)18)74(19)20)102(75(21)22)76(23)24)122(114(98(66-4)68(7)8)100(71(13)14)72(15)16)116(103(77(25)26)78(27)28)104(79(29)30)80(31)32;;;;;;;;;/h1-2,125-126H2;6*1H4;;;. The molecule has 0 fully saturated rings. The average Bonchev–Trinajstić information content (AvgIpc) is 0.684. The Bertz CT molecular complexity index is 2670. The average molecular weight is 1580 g/mol. The summed E-state index contributed by atoms with van der Waals surface area (Å²) < 4.78 is 9.96. The van der Waals surface area contributed by atoms with Crippen LogP contribution >= 0.6 is 0 Å². The van der Waals surface area contributed by atoms with Crippen molar-refractivity contribution in [1.82, 2.24) is 0 Å². The van der Waals surface area contributed by atoms with Crippen molar-refractivity contribution >= 4 is 904 Å². The zero-order valence-corrected chi connectivity index (χ0v) is 78.1. The normalized spacial score (nSPS) is 10.3. The van der Waals surface area contributed by atoms with Gasteiger partial charge in [0.25, 0.3) is 0 Å². The Morgan fingerprint density at radius 1 is 0.159 bits per heavy atom. The van der Waals surface area contributed by atoms with Crippen LogP contribution in [-0.4, -0.2) is 917 Å². The predicted molar refractivity (Wildman–Crippen MR) is 790 cm³/mol. The van der Waals surface area contributed by atoms with Gasteiger partial charge in [-0.3, -0.25) is 0 Å². The molecule has 0 spiro atoms. The molecular weight excluding hydrogens is 1550 g/mol. The molecule has 0 saturated carbocycles. The molecule has 0 aliphatic rings. The summed E-state index contributed by atoms with van der Waals surface area (Å²) in [5.41, 5.74) is 17.3. The molecule has 0 rings (SSSR count). The van der Waals surface area contributed by atoms with Gasteiger partial charge in [0.15, 0.2) is 0 Å². The van der Waals surface area contributed by atoms with Crippen LogP contribution in [0.5, 0.6) is 0 Å². The van der Waals surface area contributed by atoms with Gasteiger partial charge in [-0.2, -0.15) is 0 Å². The topological polar surface area (TPSA) is 61.3 Å². The minimum absolute atomic E-state index is 0. The Morgan fingerprint density at radius 3 is 0.399 bits per heavy atom. The summed E-state index contributed by atoms with van der Waals surface area (Å²) in [6, 6.07) is 0. The molecule has 2 atom stereocenters. The monoisotopic (exact) mass is 1600 g/mol. The molecule has 130 heteroatoms. The van der Waals surface area contributed by atoms with Gasteiger partial charge in [-0.1, -0.05) is 44.6 Å². The summed E-state index contributed by atoms with van der Waals surface area (Å²) in [7, 11) is 443. The van der Waals surface area contributed by atoms with Crippen molar-refractivity contribution in [2.24, 2.45) is 11.5 Å². The van der Waals surface area contributed by atoms with E-state index >= 15 is 0 Å². The third-order valence-corrected chi connectivity index (χ3v) is 39.4. The summed E-state index contributed by atoms with van der Waals surface area (Å²) in [5.74, 6) is 0. The number of hydrogen-bond acceptors (Lipinski definition) is 3. The van der Waals surface area contributed by atoms with Gasteiger partial charge in [0.2, 0.25) is 0 Å². The molecule has 3 nitrogen and oxygen atoms in total. The van der Waals surface area contributed by atoms with E-state index < -0.39 is 398 Å². The van der Waals surface area contributed by atoms with Crippen molar-refractivity contribution in [1.29, 1.82) is 0 Å². The summed E-state index contributed by atoms with van der Waals surface area (Å²) in [5, 5.41) is 0. The molecule has 0 aromatic rings. The molecule has 135 radical (unpaired) electrons. The van der Waals surface area contributed by atoms with E-state index in [1.165, 1.54) is 0 Å². The van der Waals surface area contributed by atoms with Crippen LogP contribution in [0.25, 0.3) is 0 Å². The van der Waals surface area contributed by atoms with E-state index in [0.717, 1.165) is 14.1 Å². The first-order valence-electron chi connectivity index (χ1n) is 42.4. The van der Waals surface area contributed by atoms with Gasteiger partial charge in [0, 0.05) is 864 Å². The minimum atomic E-state index is -7.14. The smallest absolute Gasteiger partial charge is 0.0882 e. The van der Waals surface area contributed by atoms with Crippen molar-refractivity contribution in [3.8, 4) is 0 Å². The van der Waals surface area contributed by atoms with Crippen LogP contribution < -0.4 is 11.5 Å². The van der Waals surface area contributed by atoms with E-state index in [0.29, 0.717) is 0 Å². The van der Waals surface area contributed by atoms with Gasteiger partial charge < -0.3 is 15.6 Å². The maximum Gasteiger partial charge on any atom is 0.0882 e. The first-order chi connectivity index (χ1) is 58.9. The second-order valence-electron chi connectivity index (χ2n) is 36.1. The largest absolute Gasteiger partial charge is 0.481 e. The lowest BCUT2D eigenvalue weighted by atomic mass is 8.35.